The summed E-state index contributed by atoms with van der Waals surface area (Å²) in [7, 11) is 0. The molecule has 1 saturated heterocycles. The summed E-state index contributed by atoms with van der Waals surface area (Å²) in [5.41, 5.74) is 0. The van der Waals surface area contributed by atoms with Gasteiger partial charge in [0.05, 0.1) is 6.61 Å². The average molecular weight is 264 g/mol. The molecule has 4 nitrogen and oxygen atoms in total. The minimum absolute atomic E-state index is 0.357. The van der Waals surface area contributed by atoms with Crippen molar-refractivity contribution in [3.05, 3.63) is 11.7 Å². The molecule has 1 aliphatic carbocycles. The molecule has 1 atom stereocenters. The van der Waals surface area contributed by atoms with E-state index >= 15 is 0 Å². The van der Waals surface area contributed by atoms with Crippen molar-refractivity contribution in [2.45, 2.75) is 63.7 Å². The van der Waals surface area contributed by atoms with Crippen LogP contribution in [0.25, 0.3) is 0 Å². The molecule has 0 radical (unpaired) electrons. The summed E-state index contributed by atoms with van der Waals surface area (Å²) < 4.78 is 10.7. The lowest BCUT2D eigenvalue weighted by Crippen LogP contribution is -2.06. The predicted octanol–water partition coefficient (Wildman–Crippen LogP) is 3.48. The monoisotopic (exact) mass is 264 g/mol. The van der Waals surface area contributed by atoms with Gasteiger partial charge in [-0.25, -0.2) is 0 Å². The second kappa shape index (κ2) is 6.51. The maximum atomic E-state index is 5.36. The molecule has 19 heavy (non-hydrogen) atoms. The van der Waals surface area contributed by atoms with Crippen molar-refractivity contribution in [2.75, 3.05) is 13.2 Å². The second-order valence-corrected chi connectivity index (χ2v) is 6.00. The highest BCUT2D eigenvalue weighted by Gasteiger charge is 2.23. The summed E-state index contributed by atoms with van der Waals surface area (Å²) in [4.78, 5) is 4.52. The molecule has 0 bridgehead atoms. The van der Waals surface area contributed by atoms with E-state index < -0.39 is 0 Å². The van der Waals surface area contributed by atoms with E-state index in [1.165, 1.54) is 44.9 Å². The van der Waals surface area contributed by atoms with E-state index in [4.69, 9.17) is 9.26 Å². The number of rotatable bonds is 5. The van der Waals surface area contributed by atoms with Gasteiger partial charge >= 0.3 is 0 Å². The van der Waals surface area contributed by atoms with Crippen LogP contribution in [0.1, 0.15) is 69.0 Å². The first kappa shape index (κ1) is 13.1. The Balaban J connectivity index is 1.42. The van der Waals surface area contributed by atoms with Gasteiger partial charge in [0.25, 0.3) is 0 Å². The van der Waals surface area contributed by atoms with Gasteiger partial charge in [-0.05, 0) is 25.2 Å². The Kier molecular flexibility index (Phi) is 4.49. The lowest BCUT2D eigenvalue weighted by Gasteiger charge is -2.20. The number of aromatic nitrogens is 2. The van der Waals surface area contributed by atoms with Gasteiger partial charge in [-0.2, -0.15) is 4.98 Å². The topological polar surface area (TPSA) is 48.2 Å². The zero-order chi connectivity index (χ0) is 12.9. The third-order valence-corrected chi connectivity index (χ3v) is 4.51. The van der Waals surface area contributed by atoms with E-state index in [9.17, 15) is 0 Å². The maximum absolute atomic E-state index is 5.36. The SMILES string of the molecule is C1CCC(CCCc2nc([C@H]3CCOC3)no2)CC1. The molecule has 1 aliphatic heterocycles. The largest absolute Gasteiger partial charge is 0.381 e. The zero-order valence-corrected chi connectivity index (χ0v) is 11.6. The van der Waals surface area contributed by atoms with Crippen LogP contribution in [0.3, 0.4) is 0 Å². The van der Waals surface area contributed by atoms with Crippen LogP contribution < -0.4 is 0 Å². The summed E-state index contributed by atoms with van der Waals surface area (Å²) in [5.74, 6) is 2.97. The van der Waals surface area contributed by atoms with Crippen LogP contribution in [-0.2, 0) is 11.2 Å². The summed E-state index contributed by atoms with van der Waals surface area (Å²) in [6.45, 7) is 1.58. The number of ether oxygens (including phenoxy) is 1. The fourth-order valence-corrected chi connectivity index (χ4v) is 3.29. The fraction of sp³-hybridized carbons (Fsp3) is 0.867. The standard InChI is InChI=1S/C15H24N2O2/c1-2-5-12(6-3-1)7-4-8-14-16-15(17-19-14)13-9-10-18-11-13/h12-13H,1-11H2/t13-/m0/s1. The number of aryl methyl sites for hydroxylation is 1. The summed E-state index contributed by atoms with van der Waals surface area (Å²) in [5, 5.41) is 4.10. The molecular weight excluding hydrogens is 240 g/mol. The highest BCUT2D eigenvalue weighted by Crippen LogP contribution is 2.28. The molecule has 0 spiro atoms. The van der Waals surface area contributed by atoms with Gasteiger partial charge in [-0.3, -0.25) is 0 Å². The van der Waals surface area contributed by atoms with Crippen LogP contribution in [0.5, 0.6) is 0 Å². The van der Waals surface area contributed by atoms with E-state index in [0.29, 0.717) is 5.92 Å². The zero-order valence-electron chi connectivity index (χ0n) is 11.6. The Morgan fingerprint density at radius 2 is 2.00 bits per heavy atom. The van der Waals surface area contributed by atoms with Gasteiger partial charge in [0.2, 0.25) is 5.89 Å². The van der Waals surface area contributed by atoms with E-state index in [1.807, 2.05) is 0 Å². The van der Waals surface area contributed by atoms with Crippen LogP contribution in [0.4, 0.5) is 0 Å². The van der Waals surface area contributed by atoms with Crippen molar-refractivity contribution in [1.29, 1.82) is 0 Å². The van der Waals surface area contributed by atoms with Gasteiger partial charge in [0, 0.05) is 18.9 Å². The van der Waals surface area contributed by atoms with Gasteiger partial charge < -0.3 is 9.26 Å². The van der Waals surface area contributed by atoms with Gasteiger partial charge in [0.15, 0.2) is 5.82 Å². The second-order valence-electron chi connectivity index (χ2n) is 6.00. The lowest BCUT2D eigenvalue weighted by molar-refractivity contribution is 0.192. The predicted molar refractivity (Wildman–Crippen MR) is 72.0 cm³/mol. The highest BCUT2D eigenvalue weighted by atomic mass is 16.5. The molecule has 2 heterocycles. The minimum atomic E-state index is 0.357. The Hall–Kier alpha value is -0.900. The summed E-state index contributed by atoms with van der Waals surface area (Å²) in [6, 6.07) is 0. The first-order valence-electron chi connectivity index (χ1n) is 7.82. The van der Waals surface area contributed by atoms with Crippen molar-refractivity contribution >= 4 is 0 Å². The third kappa shape index (κ3) is 3.56. The molecule has 0 N–H and O–H groups in total. The third-order valence-electron chi connectivity index (χ3n) is 4.51. The maximum Gasteiger partial charge on any atom is 0.226 e. The molecule has 106 valence electrons. The number of nitrogens with zero attached hydrogens (tertiary/aromatic N) is 2. The molecule has 4 heteroatoms. The van der Waals surface area contributed by atoms with E-state index in [2.05, 4.69) is 10.1 Å². The first-order chi connectivity index (χ1) is 9.42. The summed E-state index contributed by atoms with van der Waals surface area (Å²) in [6.07, 6.45) is 11.6. The molecule has 1 aromatic heterocycles. The lowest BCUT2D eigenvalue weighted by atomic mass is 9.86. The molecule has 1 saturated carbocycles. The Morgan fingerprint density at radius 1 is 1.11 bits per heavy atom. The van der Waals surface area contributed by atoms with Crippen LogP contribution in [0.15, 0.2) is 4.52 Å². The van der Waals surface area contributed by atoms with Gasteiger partial charge in [0.1, 0.15) is 0 Å². The van der Waals surface area contributed by atoms with Crippen LogP contribution in [0, 0.1) is 5.92 Å². The highest BCUT2D eigenvalue weighted by molar-refractivity contribution is 4.97. The summed E-state index contributed by atoms with van der Waals surface area (Å²) >= 11 is 0. The van der Waals surface area contributed by atoms with Crippen molar-refractivity contribution < 1.29 is 9.26 Å². The van der Waals surface area contributed by atoms with Crippen molar-refractivity contribution in [3.63, 3.8) is 0 Å². The van der Waals surface area contributed by atoms with Crippen molar-refractivity contribution in [1.82, 2.24) is 10.1 Å². The normalized spacial score (nSPS) is 24.9. The molecule has 0 aromatic carbocycles. The molecule has 0 amide bonds. The molecule has 3 rings (SSSR count). The molecule has 2 aliphatic rings. The first-order valence-corrected chi connectivity index (χ1v) is 7.82. The molecule has 2 fully saturated rings. The minimum Gasteiger partial charge on any atom is -0.381 e. The van der Waals surface area contributed by atoms with E-state index in [1.54, 1.807) is 0 Å². The average Bonchev–Trinajstić information content (AvgIpc) is 3.10. The molecular formula is C15H24N2O2. The van der Waals surface area contributed by atoms with Crippen LogP contribution >= 0.6 is 0 Å². The van der Waals surface area contributed by atoms with Crippen molar-refractivity contribution in [3.8, 4) is 0 Å². The quantitative estimate of drug-likeness (QED) is 0.817. The Bertz CT molecular complexity index is 379. The molecule has 0 unspecified atom stereocenters. The smallest absolute Gasteiger partial charge is 0.226 e. The van der Waals surface area contributed by atoms with Gasteiger partial charge in [-0.1, -0.05) is 37.3 Å². The van der Waals surface area contributed by atoms with Crippen LogP contribution in [-0.4, -0.2) is 23.4 Å². The Labute approximate surface area is 114 Å². The number of hydrogen-bond acceptors (Lipinski definition) is 4. The molecule has 1 aromatic rings. The van der Waals surface area contributed by atoms with Crippen molar-refractivity contribution in [2.24, 2.45) is 5.92 Å². The van der Waals surface area contributed by atoms with Gasteiger partial charge in [-0.15, -0.1) is 0 Å². The van der Waals surface area contributed by atoms with E-state index in [-0.39, 0.29) is 0 Å². The van der Waals surface area contributed by atoms with E-state index in [0.717, 1.165) is 43.7 Å². The fourth-order valence-electron chi connectivity index (χ4n) is 3.29. The number of hydrogen-bond donors (Lipinski definition) is 0. The van der Waals surface area contributed by atoms with Crippen LogP contribution in [0.2, 0.25) is 0 Å². The Morgan fingerprint density at radius 3 is 2.79 bits per heavy atom.